The fourth-order valence-electron chi connectivity index (χ4n) is 0. The van der Waals surface area contributed by atoms with Gasteiger partial charge in [0, 0.05) is 0 Å². The summed E-state index contributed by atoms with van der Waals surface area (Å²) in [5.74, 6) is -4.85. The lowest BCUT2D eigenvalue weighted by atomic mass is 10.2. The van der Waals surface area contributed by atoms with Gasteiger partial charge in [-0.15, -0.1) is 0 Å². The van der Waals surface area contributed by atoms with E-state index in [-0.39, 0.29) is 0 Å². The first-order valence-corrected chi connectivity index (χ1v) is 4.46. The molecule has 4 N–H and O–H groups in total. The Bertz CT molecular complexity index is 249. The molecule has 0 aromatic carbocycles. The number of carboxylic acids is 2. The molecular weight excluding hydrogens is 288 g/mol. The molecule has 116 valence electrons. The molecule has 0 aliphatic heterocycles. The highest BCUT2D eigenvalue weighted by molar-refractivity contribution is 5.73. The molecular formula is C8H13F6NO4. The molecule has 0 spiro atoms. The lowest BCUT2D eigenvalue weighted by Gasteiger charge is -1.93. The van der Waals surface area contributed by atoms with Crippen molar-refractivity contribution in [3.8, 4) is 0 Å². The summed E-state index contributed by atoms with van der Waals surface area (Å²) in [6.07, 6.45) is -10.2. The van der Waals surface area contributed by atoms with Crippen molar-refractivity contribution < 1.29 is 46.1 Å². The van der Waals surface area contributed by atoms with E-state index in [1.54, 1.807) is 0 Å². The molecule has 11 heteroatoms. The number of hydrogen-bond donors (Lipinski definition) is 3. The minimum atomic E-state index is -5.08. The van der Waals surface area contributed by atoms with Crippen molar-refractivity contribution in [3.05, 3.63) is 0 Å². The summed E-state index contributed by atoms with van der Waals surface area (Å²) in [4.78, 5) is 17.8. The lowest BCUT2D eigenvalue weighted by molar-refractivity contribution is -0.193. The summed E-state index contributed by atoms with van der Waals surface area (Å²) in [7, 11) is 0. The molecule has 0 fully saturated rings. The summed E-state index contributed by atoms with van der Waals surface area (Å²) >= 11 is 0. The van der Waals surface area contributed by atoms with Gasteiger partial charge in [0.1, 0.15) is 0 Å². The molecule has 0 atom stereocenters. The molecule has 0 aromatic rings. The van der Waals surface area contributed by atoms with Gasteiger partial charge in [0.2, 0.25) is 0 Å². The number of rotatable bonds is 1. The molecule has 0 amide bonds. The molecule has 0 heterocycles. The molecule has 0 bridgehead atoms. The van der Waals surface area contributed by atoms with E-state index in [4.69, 9.17) is 25.5 Å². The zero-order valence-corrected chi connectivity index (χ0v) is 9.84. The van der Waals surface area contributed by atoms with Gasteiger partial charge in [-0.2, -0.15) is 26.3 Å². The Kier molecular flexibility index (Phi) is 11.2. The first-order valence-electron chi connectivity index (χ1n) is 4.46. The quantitative estimate of drug-likeness (QED) is 0.642. The number of aliphatic carboxylic acids is 2. The van der Waals surface area contributed by atoms with E-state index < -0.39 is 24.3 Å². The summed E-state index contributed by atoms with van der Waals surface area (Å²) in [6.45, 7) is 5.00. The van der Waals surface area contributed by atoms with Gasteiger partial charge in [0.25, 0.3) is 0 Å². The Labute approximate surface area is 104 Å². The second kappa shape index (κ2) is 9.42. The summed E-state index contributed by atoms with van der Waals surface area (Å²) in [6, 6.07) is 0. The minimum Gasteiger partial charge on any atom is -0.475 e. The van der Waals surface area contributed by atoms with E-state index in [0.717, 1.165) is 6.54 Å². The molecule has 0 aliphatic rings. The second-order valence-corrected chi connectivity index (χ2v) is 3.24. The average molecular weight is 301 g/mol. The van der Waals surface area contributed by atoms with Crippen LogP contribution in [0.1, 0.15) is 13.8 Å². The van der Waals surface area contributed by atoms with Gasteiger partial charge in [-0.05, 0) is 12.5 Å². The highest BCUT2D eigenvalue weighted by Crippen LogP contribution is 2.13. The molecule has 19 heavy (non-hydrogen) atoms. The molecule has 0 unspecified atom stereocenters. The average Bonchev–Trinajstić information content (AvgIpc) is 2.16. The molecule has 0 aliphatic carbocycles. The van der Waals surface area contributed by atoms with Gasteiger partial charge in [-0.3, -0.25) is 0 Å². The predicted molar refractivity (Wildman–Crippen MR) is 51.3 cm³/mol. The van der Waals surface area contributed by atoms with Gasteiger partial charge in [0.05, 0.1) is 0 Å². The van der Waals surface area contributed by atoms with Crippen LogP contribution in [0.25, 0.3) is 0 Å². The molecule has 0 rings (SSSR count). The highest BCUT2D eigenvalue weighted by Gasteiger charge is 2.38. The topological polar surface area (TPSA) is 101 Å². The van der Waals surface area contributed by atoms with E-state index >= 15 is 0 Å². The Morgan fingerprint density at radius 3 is 1.05 bits per heavy atom. The fourth-order valence-corrected chi connectivity index (χ4v) is 0. The van der Waals surface area contributed by atoms with E-state index in [1.165, 1.54) is 0 Å². The molecule has 0 aromatic heterocycles. The number of alkyl halides is 6. The Balaban J connectivity index is -0.000000206. The van der Waals surface area contributed by atoms with E-state index in [0.29, 0.717) is 5.92 Å². The largest absolute Gasteiger partial charge is 0.490 e. The maximum Gasteiger partial charge on any atom is 0.490 e. The van der Waals surface area contributed by atoms with Gasteiger partial charge in [0.15, 0.2) is 0 Å². The highest BCUT2D eigenvalue weighted by atomic mass is 19.4. The standard InChI is InChI=1S/C4H11N.2C2HF3O2/c1-4(2)3-5;2*3-2(4,5)1(6)7/h4H,3,5H2,1-2H3;2*(H,6,7). The monoisotopic (exact) mass is 301 g/mol. The Hall–Kier alpha value is -1.52. The van der Waals surface area contributed by atoms with E-state index in [1.807, 2.05) is 0 Å². The van der Waals surface area contributed by atoms with Crippen LogP contribution in [0.15, 0.2) is 0 Å². The van der Waals surface area contributed by atoms with Crippen LogP contribution in [0.4, 0.5) is 26.3 Å². The third kappa shape index (κ3) is 22.2. The van der Waals surface area contributed by atoms with Crippen LogP contribution in [0.3, 0.4) is 0 Å². The second-order valence-electron chi connectivity index (χ2n) is 3.24. The Morgan fingerprint density at radius 1 is 0.947 bits per heavy atom. The lowest BCUT2D eigenvalue weighted by Crippen LogP contribution is -2.21. The number of hydrogen-bond acceptors (Lipinski definition) is 3. The van der Waals surface area contributed by atoms with Gasteiger partial charge < -0.3 is 15.9 Å². The van der Waals surface area contributed by atoms with Crippen LogP contribution < -0.4 is 5.73 Å². The van der Waals surface area contributed by atoms with Gasteiger partial charge in [-0.25, -0.2) is 9.59 Å². The van der Waals surface area contributed by atoms with Crippen molar-refractivity contribution in [2.24, 2.45) is 11.7 Å². The SMILES string of the molecule is CC(C)CN.O=C(O)C(F)(F)F.O=C(O)C(F)(F)F. The third-order valence-electron chi connectivity index (χ3n) is 0.956. The van der Waals surface area contributed by atoms with Crippen LogP contribution in [0.5, 0.6) is 0 Å². The van der Waals surface area contributed by atoms with Crippen LogP contribution in [-0.4, -0.2) is 41.0 Å². The summed E-state index contributed by atoms with van der Waals surface area (Å²) in [5.41, 5.74) is 5.17. The normalized spacial score (nSPS) is 10.8. The maximum atomic E-state index is 10.6. The number of carbonyl (C=O) groups is 2. The van der Waals surface area contributed by atoms with Gasteiger partial charge >= 0.3 is 24.3 Å². The number of halogens is 6. The maximum absolute atomic E-state index is 10.6. The first-order chi connectivity index (χ1) is 8.16. The van der Waals surface area contributed by atoms with Crippen molar-refractivity contribution in [2.45, 2.75) is 26.2 Å². The molecule has 0 radical (unpaired) electrons. The van der Waals surface area contributed by atoms with E-state index in [9.17, 15) is 26.3 Å². The number of nitrogens with two attached hydrogens (primary N) is 1. The van der Waals surface area contributed by atoms with Crippen LogP contribution >= 0.6 is 0 Å². The predicted octanol–water partition coefficient (Wildman–Crippen LogP) is 1.87. The molecule has 0 saturated carbocycles. The summed E-state index contributed by atoms with van der Waals surface area (Å²) < 4.78 is 63.5. The van der Waals surface area contributed by atoms with E-state index in [2.05, 4.69) is 13.8 Å². The smallest absolute Gasteiger partial charge is 0.475 e. The fraction of sp³-hybridized carbons (Fsp3) is 0.750. The molecule has 5 nitrogen and oxygen atoms in total. The van der Waals surface area contributed by atoms with Gasteiger partial charge in [-0.1, -0.05) is 13.8 Å². The minimum absolute atomic E-state index is 0.662. The third-order valence-corrected chi connectivity index (χ3v) is 0.956. The van der Waals surface area contributed by atoms with Crippen molar-refractivity contribution >= 4 is 11.9 Å². The van der Waals surface area contributed by atoms with Crippen molar-refractivity contribution in [1.29, 1.82) is 0 Å². The Morgan fingerprint density at radius 2 is 1.05 bits per heavy atom. The van der Waals surface area contributed by atoms with Crippen LogP contribution in [0, 0.1) is 5.92 Å². The zero-order chi connectivity index (χ0) is 16.4. The first kappa shape index (κ1) is 22.6. The number of carboxylic acid groups (broad SMARTS) is 2. The van der Waals surface area contributed by atoms with Crippen LogP contribution in [0.2, 0.25) is 0 Å². The zero-order valence-electron chi connectivity index (χ0n) is 9.84. The summed E-state index contributed by atoms with van der Waals surface area (Å²) in [5, 5.41) is 14.2. The van der Waals surface area contributed by atoms with Crippen molar-refractivity contribution in [1.82, 2.24) is 0 Å². The van der Waals surface area contributed by atoms with Crippen molar-refractivity contribution in [3.63, 3.8) is 0 Å². The van der Waals surface area contributed by atoms with Crippen LogP contribution in [-0.2, 0) is 9.59 Å². The van der Waals surface area contributed by atoms with Crippen molar-refractivity contribution in [2.75, 3.05) is 6.54 Å². The molecule has 0 saturated heterocycles.